The summed E-state index contributed by atoms with van der Waals surface area (Å²) in [6.45, 7) is 2.33. The minimum atomic E-state index is -0.423. The average molecular weight is 489 g/mol. The second-order valence-electron chi connectivity index (χ2n) is 8.84. The fraction of sp³-hybridized carbons (Fsp3) is 0.333. The van der Waals surface area contributed by atoms with Gasteiger partial charge in [-0.05, 0) is 54.4 Å². The summed E-state index contributed by atoms with van der Waals surface area (Å²) in [4.78, 5) is 31.7. The first-order chi connectivity index (χ1) is 17.0. The zero-order chi connectivity index (χ0) is 24.8. The number of nitrogens with zero attached hydrogens (tertiary/aromatic N) is 3. The summed E-state index contributed by atoms with van der Waals surface area (Å²) in [5.41, 5.74) is 3.36. The highest BCUT2D eigenvalue weighted by atomic mass is 32.1. The van der Waals surface area contributed by atoms with Crippen LogP contribution >= 0.6 is 11.3 Å². The van der Waals surface area contributed by atoms with Gasteiger partial charge < -0.3 is 10.1 Å². The van der Waals surface area contributed by atoms with Crippen LogP contribution in [-0.4, -0.2) is 30.6 Å². The van der Waals surface area contributed by atoms with Crippen LogP contribution in [0.2, 0.25) is 0 Å². The summed E-state index contributed by atoms with van der Waals surface area (Å²) in [6, 6.07) is 15.8. The molecule has 2 atom stereocenters. The van der Waals surface area contributed by atoms with Gasteiger partial charge in [0.15, 0.2) is 0 Å². The molecule has 1 aliphatic rings. The van der Waals surface area contributed by atoms with E-state index >= 15 is 0 Å². The average Bonchev–Trinajstić information content (AvgIpc) is 3.23. The molecule has 1 N–H and O–H groups in total. The van der Waals surface area contributed by atoms with Crippen molar-refractivity contribution in [3.05, 3.63) is 76.4 Å². The number of aromatic nitrogens is 1. The van der Waals surface area contributed by atoms with Crippen LogP contribution < -0.4 is 10.2 Å². The lowest BCUT2D eigenvalue weighted by atomic mass is 9.88. The van der Waals surface area contributed by atoms with Crippen LogP contribution in [-0.2, 0) is 22.4 Å². The molecule has 180 valence electrons. The normalized spacial score (nSPS) is 15.4. The molecule has 0 spiro atoms. The summed E-state index contributed by atoms with van der Waals surface area (Å²) >= 11 is 1.47. The predicted octanol–water partition coefficient (Wildman–Crippen LogP) is 5.52. The van der Waals surface area contributed by atoms with E-state index in [-0.39, 0.29) is 17.7 Å². The Hall–Kier alpha value is -3.70. The lowest BCUT2D eigenvalue weighted by Gasteiger charge is -2.23. The topological polar surface area (TPSA) is 95.3 Å². The van der Waals surface area contributed by atoms with Crippen molar-refractivity contribution in [1.29, 1.82) is 5.26 Å². The fourth-order valence-electron chi connectivity index (χ4n) is 4.30. The Morgan fingerprint density at radius 3 is 2.80 bits per heavy atom. The standard InChI is InChI=1S/C27H28N4O3S/c1-18(20-7-4-3-5-8-20)13-25(32)30-26-23(15-28)22-11-10-19(14-24(22)35-26)17-34-27(33)31(2)21-9-6-12-29-16-21/h3-9,12,16,18-19H,10-11,13-14,17H2,1-2H3,(H,30,32). The number of nitriles is 1. The van der Waals surface area contributed by atoms with Crippen molar-refractivity contribution >= 4 is 34.0 Å². The third kappa shape index (κ3) is 5.87. The fourth-order valence-corrected chi connectivity index (χ4v) is 5.63. The zero-order valence-corrected chi connectivity index (χ0v) is 20.7. The molecular formula is C27H28N4O3S. The van der Waals surface area contributed by atoms with Gasteiger partial charge in [0.25, 0.3) is 0 Å². The number of pyridine rings is 1. The van der Waals surface area contributed by atoms with Crippen LogP contribution in [0.25, 0.3) is 0 Å². The smallest absolute Gasteiger partial charge is 0.414 e. The van der Waals surface area contributed by atoms with Crippen LogP contribution in [0, 0.1) is 17.2 Å². The van der Waals surface area contributed by atoms with Crippen molar-refractivity contribution in [1.82, 2.24) is 4.98 Å². The molecule has 0 saturated heterocycles. The number of fused-ring (bicyclic) bond motifs is 1. The van der Waals surface area contributed by atoms with Gasteiger partial charge in [0.1, 0.15) is 11.1 Å². The first-order valence-electron chi connectivity index (χ1n) is 11.7. The molecule has 0 bridgehead atoms. The van der Waals surface area contributed by atoms with E-state index in [2.05, 4.69) is 16.4 Å². The van der Waals surface area contributed by atoms with E-state index in [0.29, 0.717) is 29.3 Å². The van der Waals surface area contributed by atoms with Gasteiger partial charge in [-0.15, -0.1) is 11.3 Å². The second-order valence-corrected chi connectivity index (χ2v) is 9.94. The van der Waals surface area contributed by atoms with E-state index in [1.807, 2.05) is 37.3 Å². The molecule has 4 rings (SSSR count). The molecule has 1 aliphatic carbocycles. The summed E-state index contributed by atoms with van der Waals surface area (Å²) in [5.74, 6) is 0.154. The molecule has 2 amide bonds. The third-order valence-corrected chi connectivity index (χ3v) is 7.51. The highest BCUT2D eigenvalue weighted by Crippen LogP contribution is 2.39. The molecule has 0 aliphatic heterocycles. The summed E-state index contributed by atoms with van der Waals surface area (Å²) in [5, 5.41) is 13.4. The highest BCUT2D eigenvalue weighted by molar-refractivity contribution is 7.16. The van der Waals surface area contributed by atoms with Gasteiger partial charge in [0.05, 0.1) is 24.1 Å². The number of thiophene rings is 1. The summed E-state index contributed by atoms with van der Waals surface area (Å²) in [7, 11) is 1.66. The molecule has 8 heteroatoms. The number of hydrogen-bond acceptors (Lipinski definition) is 6. The van der Waals surface area contributed by atoms with Crippen molar-refractivity contribution in [2.45, 2.75) is 38.5 Å². The maximum absolute atomic E-state index is 12.7. The number of carbonyl (C=O) groups is 2. The lowest BCUT2D eigenvalue weighted by molar-refractivity contribution is -0.116. The summed E-state index contributed by atoms with van der Waals surface area (Å²) in [6.07, 6.45) is 5.45. The minimum absolute atomic E-state index is 0.0835. The molecule has 0 fully saturated rings. The Kier molecular flexibility index (Phi) is 7.78. The number of rotatable bonds is 7. The number of anilines is 2. The molecule has 2 unspecified atom stereocenters. The van der Waals surface area contributed by atoms with E-state index in [4.69, 9.17) is 4.74 Å². The van der Waals surface area contributed by atoms with Crippen LogP contribution in [0.4, 0.5) is 15.5 Å². The quantitative estimate of drug-likeness (QED) is 0.472. The van der Waals surface area contributed by atoms with Crippen molar-refractivity contribution in [3.63, 3.8) is 0 Å². The van der Waals surface area contributed by atoms with Crippen molar-refractivity contribution < 1.29 is 14.3 Å². The SMILES string of the molecule is CC(CC(=O)Nc1sc2c(c1C#N)CCC(COC(=O)N(C)c1cccnc1)C2)c1ccccc1. The van der Waals surface area contributed by atoms with E-state index in [1.165, 1.54) is 16.2 Å². The molecule has 2 aromatic heterocycles. The molecular weight excluding hydrogens is 460 g/mol. The van der Waals surface area contributed by atoms with Crippen molar-refractivity contribution in [3.8, 4) is 6.07 Å². The van der Waals surface area contributed by atoms with E-state index < -0.39 is 6.09 Å². The number of benzene rings is 1. The third-order valence-electron chi connectivity index (χ3n) is 6.34. The summed E-state index contributed by atoms with van der Waals surface area (Å²) < 4.78 is 5.56. The van der Waals surface area contributed by atoms with Gasteiger partial charge in [-0.2, -0.15) is 5.26 Å². The minimum Gasteiger partial charge on any atom is -0.449 e. The Morgan fingerprint density at radius 1 is 1.29 bits per heavy atom. The van der Waals surface area contributed by atoms with E-state index in [9.17, 15) is 14.9 Å². The van der Waals surface area contributed by atoms with Gasteiger partial charge in [-0.25, -0.2) is 4.79 Å². The molecule has 3 aromatic rings. The van der Waals surface area contributed by atoms with E-state index in [1.54, 1.807) is 31.6 Å². The second kappa shape index (κ2) is 11.2. The molecule has 7 nitrogen and oxygen atoms in total. The van der Waals surface area contributed by atoms with Crippen molar-refractivity contribution in [2.24, 2.45) is 5.92 Å². The number of amides is 2. The molecule has 0 saturated carbocycles. The molecule has 1 aromatic carbocycles. The Morgan fingerprint density at radius 2 is 2.09 bits per heavy atom. The van der Waals surface area contributed by atoms with Crippen LogP contribution in [0.1, 0.15) is 47.3 Å². The number of nitrogens with one attached hydrogen (secondary N) is 1. The monoisotopic (exact) mass is 488 g/mol. The number of hydrogen-bond donors (Lipinski definition) is 1. The number of carbonyl (C=O) groups excluding carboxylic acids is 2. The molecule has 0 radical (unpaired) electrons. The molecule has 35 heavy (non-hydrogen) atoms. The van der Waals surface area contributed by atoms with Gasteiger partial charge in [-0.1, -0.05) is 37.3 Å². The Labute approximate surface area is 209 Å². The maximum atomic E-state index is 12.7. The highest BCUT2D eigenvalue weighted by Gasteiger charge is 2.28. The van der Waals surface area contributed by atoms with Crippen molar-refractivity contribution in [2.75, 3.05) is 23.9 Å². The first kappa shape index (κ1) is 24.4. The van der Waals surface area contributed by atoms with Gasteiger partial charge >= 0.3 is 6.09 Å². The van der Waals surface area contributed by atoms with Gasteiger partial charge in [0, 0.05) is 24.5 Å². The Bertz CT molecular complexity index is 1220. The van der Waals surface area contributed by atoms with Crippen LogP contribution in [0.3, 0.4) is 0 Å². The molecule has 2 heterocycles. The first-order valence-corrected chi connectivity index (χ1v) is 12.5. The maximum Gasteiger partial charge on any atom is 0.414 e. The van der Waals surface area contributed by atoms with Crippen LogP contribution in [0.15, 0.2) is 54.9 Å². The van der Waals surface area contributed by atoms with Gasteiger partial charge in [-0.3, -0.25) is 14.7 Å². The lowest BCUT2D eigenvalue weighted by Crippen LogP contribution is -2.30. The predicted molar refractivity (Wildman–Crippen MR) is 137 cm³/mol. The van der Waals surface area contributed by atoms with E-state index in [0.717, 1.165) is 35.3 Å². The van der Waals surface area contributed by atoms with Gasteiger partial charge in [0.2, 0.25) is 5.91 Å². The Balaban J connectivity index is 1.35. The van der Waals surface area contributed by atoms with Crippen LogP contribution in [0.5, 0.6) is 0 Å². The largest absolute Gasteiger partial charge is 0.449 e. The number of ether oxygens (including phenoxy) is 1. The zero-order valence-electron chi connectivity index (χ0n) is 19.9.